The summed E-state index contributed by atoms with van der Waals surface area (Å²) in [5.74, 6) is 0. The van der Waals surface area contributed by atoms with E-state index in [1.165, 1.54) is 24.2 Å². The minimum Gasteiger partial charge on any atom is -0.123 e. The number of benzene rings is 1. The molecule has 1 aliphatic carbocycles. The van der Waals surface area contributed by atoms with Gasteiger partial charge in [0.05, 0.1) is 0 Å². The van der Waals surface area contributed by atoms with Gasteiger partial charge in [-0.2, -0.15) is 0 Å². The van der Waals surface area contributed by atoms with E-state index in [0.29, 0.717) is 5.25 Å². The van der Waals surface area contributed by atoms with Gasteiger partial charge in [-0.1, -0.05) is 19.9 Å². The first-order valence-corrected chi connectivity index (χ1v) is 5.92. The lowest BCUT2D eigenvalue weighted by molar-refractivity contribution is 0.911. The van der Waals surface area contributed by atoms with Crippen LogP contribution in [0.5, 0.6) is 0 Å². The molecule has 0 fully saturated rings. The average Bonchev–Trinajstić information content (AvgIpc) is 2.49. The van der Waals surface area contributed by atoms with Gasteiger partial charge >= 0.3 is 0 Å². The molecule has 0 amide bonds. The van der Waals surface area contributed by atoms with Crippen LogP contribution in [0.15, 0.2) is 23.1 Å². The van der Waals surface area contributed by atoms with Crippen LogP contribution < -0.4 is 0 Å². The molecule has 0 aromatic heterocycles. The molecule has 0 nitrogen and oxygen atoms in total. The molecule has 13 heavy (non-hydrogen) atoms. The summed E-state index contributed by atoms with van der Waals surface area (Å²) in [4.78, 5) is 1.44. The van der Waals surface area contributed by atoms with Crippen LogP contribution in [-0.4, -0.2) is 5.25 Å². The van der Waals surface area contributed by atoms with Crippen LogP contribution in [0, 0.1) is 0 Å². The van der Waals surface area contributed by atoms with Crippen molar-refractivity contribution in [3.05, 3.63) is 29.3 Å². The molecular weight excluding hydrogens is 176 g/mol. The Morgan fingerprint density at radius 1 is 1.15 bits per heavy atom. The third kappa shape index (κ3) is 2.08. The largest absolute Gasteiger partial charge is 0.123 e. The fraction of sp³-hybridized carbons (Fsp3) is 0.500. The van der Waals surface area contributed by atoms with Crippen LogP contribution in [0.4, 0.5) is 0 Å². The molecule has 0 N–H and O–H groups in total. The van der Waals surface area contributed by atoms with E-state index in [1.807, 2.05) is 11.8 Å². The Hall–Kier alpha value is -0.430. The lowest BCUT2D eigenvalue weighted by Gasteiger charge is -2.06. The number of hydrogen-bond donors (Lipinski definition) is 0. The first-order chi connectivity index (χ1) is 6.25. The number of thioether (sulfide) groups is 1. The van der Waals surface area contributed by atoms with E-state index >= 15 is 0 Å². The molecule has 2 rings (SSSR count). The Bertz CT molecular complexity index is 302. The Labute approximate surface area is 84.7 Å². The third-order valence-electron chi connectivity index (χ3n) is 2.44. The SMILES string of the molecule is CC(C)Sc1ccc2c(c1)CCC2. The molecule has 1 aromatic carbocycles. The van der Waals surface area contributed by atoms with E-state index < -0.39 is 0 Å². The number of hydrogen-bond acceptors (Lipinski definition) is 1. The Balaban J connectivity index is 2.21. The Kier molecular flexibility index (Phi) is 2.63. The van der Waals surface area contributed by atoms with Crippen LogP contribution in [0.3, 0.4) is 0 Å². The van der Waals surface area contributed by atoms with Crippen molar-refractivity contribution >= 4 is 11.8 Å². The van der Waals surface area contributed by atoms with Crippen LogP contribution in [0.2, 0.25) is 0 Å². The summed E-state index contributed by atoms with van der Waals surface area (Å²) in [6.07, 6.45) is 3.94. The molecule has 0 heterocycles. The zero-order valence-corrected chi connectivity index (χ0v) is 9.16. The summed E-state index contributed by atoms with van der Waals surface area (Å²) >= 11 is 1.96. The number of aryl methyl sites for hydroxylation is 2. The molecule has 70 valence electrons. The average molecular weight is 192 g/mol. The Morgan fingerprint density at radius 3 is 2.69 bits per heavy atom. The predicted molar refractivity (Wildman–Crippen MR) is 59.5 cm³/mol. The molecule has 1 heteroatoms. The first kappa shape index (κ1) is 9.14. The van der Waals surface area contributed by atoms with Gasteiger partial charge < -0.3 is 0 Å². The van der Waals surface area contributed by atoms with E-state index in [1.54, 1.807) is 11.1 Å². The lowest BCUT2D eigenvalue weighted by atomic mass is 10.1. The summed E-state index contributed by atoms with van der Waals surface area (Å²) in [6.45, 7) is 4.50. The molecule has 0 saturated heterocycles. The molecular formula is C12H16S. The maximum absolute atomic E-state index is 2.38. The van der Waals surface area contributed by atoms with Gasteiger partial charge in [0, 0.05) is 10.1 Å². The summed E-state index contributed by atoms with van der Waals surface area (Å²) < 4.78 is 0. The van der Waals surface area contributed by atoms with E-state index in [-0.39, 0.29) is 0 Å². The molecule has 0 aliphatic heterocycles. The number of rotatable bonds is 2. The van der Waals surface area contributed by atoms with Crippen molar-refractivity contribution in [3.8, 4) is 0 Å². The van der Waals surface area contributed by atoms with Crippen molar-refractivity contribution in [2.24, 2.45) is 0 Å². The normalized spacial score (nSPS) is 15.0. The smallest absolute Gasteiger partial charge is 0.00775 e. The molecule has 0 radical (unpaired) electrons. The molecule has 0 saturated carbocycles. The molecule has 0 bridgehead atoms. The highest BCUT2D eigenvalue weighted by Gasteiger charge is 2.10. The second-order valence-corrected chi connectivity index (χ2v) is 5.60. The molecule has 0 spiro atoms. The first-order valence-electron chi connectivity index (χ1n) is 5.04. The zero-order valence-electron chi connectivity index (χ0n) is 8.34. The molecule has 1 aliphatic rings. The summed E-state index contributed by atoms with van der Waals surface area (Å²) in [5, 5.41) is 0.694. The number of fused-ring (bicyclic) bond motifs is 1. The van der Waals surface area contributed by atoms with Crippen molar-refractivity contribution in [2.45, 2.75) is 43.3 Å². The predicted octanol–water partition coefficient (Wildman–Crippen LogP) is 3.68. The van der Waals surface area contributed by atoms with Gasteiger partial charge in [-0.05, 0) is 42.5 Å². The van der Waals surface area contributed by atoms with Gasteiger partial charge in [0.1, 0.15) is 0 Å². The van der Waals surface area contributed by atoms with Crippen LogP contribution in [0.1, 0.15) is 31.4 Å². The molecule has 1 aromatic rings. The second kappa shape index (κ2) is 3.75. The van der Waals surface area contributed by atoms with Gasteiger partial charge in [-0.25, -0.2) is 0 Å². The zero-order chi connectivity index (χ0) is 9.26. The minimum absolute atomic E-state index is 0.694. The van der Waals surface area contributed by atoms with Crippen LogP contribution in [0.25, 0.3) is 0 Å². The summed E-state index contributed by atoms with van der Waals surface area (Å²) in [6, 6.07) is 6.97. The highest BCUT2D eigenvalue weighted by Crippen LogP contribution is 2.29. The quantitative estimate of drug-likeness (QED) is 0.644. The molecule has 0 unspecified atom stereocenters. The molecule has 0 atom stereocenters. The standard InChI is InChI=1S/C12H16S/c1-9(2)13-12-7-6-10-4-3-5-11(10)8-12/h6-9H,3-5H2,1-2H3. The second-order valence-electron chi connectivity index (χ2n) is 3.95. The topological polar surface area (TPSA) is 0 Å². The van der Waals surface area contributed by atoms with E-state index in [0.717, 1.165) is 0 Å². The highest BCUT2D eigenvalue weighted by molar-refractivity contribution is 7.99. The van der Waals surface area contributed by atoms with Gasteiger partial charge in [-0.3, -0.25) is 0 Å². The van der Waals surface area contributed by atoms with E-state index in [9.17, 15) is 0 Å². The summed E-state index contributed by atoms with van der Waals surface area (Å²) in [5.41, 5.74) is 3.17. The van der Waals surface area contributed by atoms with Gasteiger partial charge in [-0.15, -0.1) is 11.8 Å². The monoisotopic (exact) mass is 192 g/mol. The fourth-order valence-electron chi connectivity index (χ4n) is 1.89. The Morgan fingerprint density at radius 2 is 1.92 bits per heavy atom. The van der Waals surface area contributed by atoms with E-state index in [4.69, 9.17) is 0 Å². The van der Waals surface area contributed by atoms with E-state index in [2.05, 4.69) is 32.0 Å². The lowest BCUT2D eigenvalue weighted by Crippen LogP contribution is -1.88. The van der Waals surface area contributed by atoms with Gasteiger partial charge in [0.25, 0.3) is 0 Å². The third-order valence-corrected chi connectivity index (χ3v) is 3.44. The van der Waals surface area contributed by atoms with Crippen molar-refractivity contribution < 1.29 is 0 Å². The van der Waals surface area contributed by atoms with Crippen molar-refractivity contribution in [1.29, 1.82) is 0 Å². The van der Waals surface area contributed by atoms with Crippen molar-refractivity contribution in [3.63, 3.8) is 0 Å². The fourth-order valence-corrected chi connectivity index (χ4v) is 2.79. The van der Waals surface area contributed by atoms with Gasteiger partial charge in [0.15, 0.2) is 0 Å². The van der Waals surface area contributed by atoms with Crippen molar-refractivity contribution in [1.82, 2.24) is 0 Å². The van der Waals surface area contributed by atoms with Crippen LogP contribution in [-0.2, 0) is 12.8 Å². The highest BCUT2D eigenvalue weighted by atomic mass is 32.2. The van der Waals surface area contributed by atoms with Crippen LogP contribution >= 0.6 is 11.8 Å². The van der Waals surface area contributed by atoms with Crippen molar-refractivity contribution in [2.75, 3.05) is 0 Å². The maximum atomic E-state index is 2.38. The maximum Gasteiger partial charge on any atom is 0.00775 e. The summed E-state index contributed by atoms with van der Waals surface area (Å²) in [7, 11) is 0. The van der Waals surface area contributed by atoms with Gasteiger partial charge in [0.2, 0.25) is 0 Å². The minimum atomic E-state index is 0.694.